The van der Waals surface area contributed by atoms with Gasteiger partial charge in [-0.25, -0.2) is 4.39 Å². The van der Waals surface area contributed by atoms with Gasteiger partial charge in [-0.05, 0) is 55.7 Å². The molecule has 0 saturated heterocycles. The number of nitrogen functional groups attached to an aromatic ring is 1. The smallest absolute Gasteiger partial charge is 0.254 e. The van der Waals surface area contributed by atoms with Crippen LogP contribution in [0.3, 0.4) is 0 Å². The van der Waals surface area contributed by atoms with E-state index in [2.05, 4.69) is 5.32 Å². The van der Waals surface area contributed by atoms with E-state index in [1.54, 1.807) is 6.07 Å². The van der Waals surface area contributed by atoms with Crippen LogP contribution in [-0.2, 0) is 0 Å². The Labute approximate surface area is 106 Å². The van der Waals surface area contributed by atoms with Crippen LogP contribution in [0.4, 0.5) is 10.1 Å². The van der Waals surface area contributed by atoms with Gasteiger partial charge in [-0.2, -0.15) is 0 Å². The zero-order valence-electron chi connectivity index (χ0n) is 10.2. The van der Waals surface area contributed by atoms with Crippen LogP contribution in [-0.4, -0.2) is 11.9 Å². The zero-order chi connectivity index (χ0) is 12.7. The molecule has 0 unspecified atom stereocenters. The van der Waals surface area contributed by atoms with Crippen LogP contribution in [0.2, 0.25) is 0 Å². The predicted octanol–water partition coefficient (Wildman–Crippen LogP) is 2.33. The number of hydrogen-bond acceptors (Lipinski definition) is 2. The number of nitrogens with two attached hydrogens (primary N) is 1. The maximum atomic E-state index is 13.6. The van der Waals surface area contributed by atoms with Crippen molar-refractivity contribution in [3.05, 3.63) is 29.6 Å². The van der Waals surface area contributed by atoms with E-state index in [0.29, 0.717) is 17.5 Å². The molecule has 0 heterocycles. The van der Waals surface area contributed by atoms with E-state index in [4.69, 9.17) is 5.73 Å². The van der Waals surface area contributed by atoms with Crippen molar-refractivity contribution in [1.82, 2.24) is 5.32 Å². The van der Waals surface area contributed by atoms with Crippen LogP contribution >= 0.6 is 0 Å². The molecule has 0 aromatic heterocycles. The van der Waals surface area contributed by atoms with Gasteiger partial charge in [0.1, 0.15) is 5.82 Å². The normalized spacial score (nSPS) is 19.0. The Hall–Kier alpha value is -1.58. The maximum absolute atomic E-state index is 13.6. The second-order valence-corrected chi connectivity index (χ2v) is 5.41. The molecule has 2 saturated carbocycles. The average Bonchev–Trinajstić information content (AvgIpc) is 3.17. The molecule has 0 aliphatic heterocycles. The molecule has 3 rings (SSSR count). The first kappa shape index (κ1) is 11.5. The van der Waals surface area contributed by atoms with E-state index in [1.807, 2.05) is 0 Å². The van der Waals surface area contributed by atoms with Gasteiger partial charge < -0.3 is 11.1 Å². The Morgan fingerprint density at radius 1 is 1.28 bits per heavy atom. The minimum Gasteiger partial charge on any atom is -0.399 e. The van der Waals surface area contributed by atoms with Crippen LogP contribution in [0.1, 0.15) is 36.0 Å². The van der Waals surface area contributed by atoms with E-state index in [9.17, 15) is 9.18 Å². The summed E-state index contributed by atoms with van der Waals surface area (Å²) in [6.07, 6.45) is 4.74. The molecule has 0 bridgehead atoms. The van der Waals surface area contributed by atoms with Gasteiger partial charge in [-0.3, -0.25) is 4.79 Å². The SMILES string of the molecule is Nc1ccc(C(=O)NC(C2CC2)C2CC2)c(F)c1. The van der Waals surface area contributed by atoms with Gasteiger partial charge in [0.05, 0.1) is 5.56 Å². The van der Waals surface area contributed by atoms with Crippen LogP contribution < -0.4 is 11.1 Å². The Morgan fingerprint density at radius 2 is 1.89 bits per heavy atom. The fourth-order valence-corrected chi connectivity index (χ4v) is 2.48. The van der Waals surface area contributed by atoms with Gasteiger partial charge in [0.25, 0.3) is 5.91 Å². The van der Waals surface area contributed by atoms with Gasteiger partial charge >= 0.3 is 0 Å². The molecule has 0 spiro atoms. The molecule has 18 heavy (non-hydrogen) atoms. The van der Waals surface area contributed by atoms with Crippen molar-refractivity contribution >= 4 is 11.6 Å². The molecule has 1 aromatic rings. The number of anilines is 1. The summed E-state index contributed by atoms with van der Waals surface area (Å²) in [5, 5.41) is 3.00. The highest BCUT2D eigenvalue weighted by molar-refractivity contribution is 5.95. The largest absolute Gasteiger partial charge is 0.399 e. The molecule has 2 aliphatic rings. The number of amides is 1. The molecule has 3 nitrogen and oxygen atoms in total. The predicted molar refractivity (Wildman–Crippen MR) is 67.5 cm³/mol. The first-order valence-electron chi connectivity index (χ1n) is 6.51. The second kappa shape index (κ2) is 4.26. The molecule has 4 heteroatoms. The summed E-state index contributed by atoms with van der Waals surface area (Å²) in [4.78, 5) is 12.1. The number of rotatable bonds is 4. The Bertz CT molecular complexity index is 469. The van der Waals surface area contributed by atoms with Crippen LogP contribution in [0.15, 0.2) is 18.2 Å². The molecule has 0 radical (unpaired) electrons. The van der Waals surface area contributed by atoms with Gasteiger partial charge in [-0.1, -0.05) is 0 Å². The third kappa shape index (κ3) is 2.33. The molecular weight excluding hydrogens is 231 g/mol. The number of halogens is 1. The summed E-state index contributed by atoms with van der Waals surface area (Å²) in [7, 11) is 0. The summed E-state index contributed by atoms with van der Waals surface area (Å²) in [6.45, 7) is 0. The molecule has 1 amide bonds. The van der Waals surface area contributed by atoms with Crippen molar-refractivity contribution in [2.75, 3.05) is 5.73 Å². The molecule has 2 aliphatic carbocycles. The van der Waals surface area contributed by atoms with Gasteiger partial charge in [0.2, 0.25) is 0 Å². The van der Waals surface area contributed by atoms with E-state index in [1.165, 1.54) is 37.8 Å². The maximum Gasteiger partial charge on any atom is 0.254 e. The van der Waals surface area contributed by atoms with Crippen molar-refractivity contribution < 1.29 is 9.18 Å². The Balaban J connectivity index is 1.73. The van der Waals surface area contributed by atoms with Crippen molar-refractivity contribution in [2.24, 2.45) is 11.8 Å². The fourth-order valence-electron chi connectivity index (χ4n) is 2.48. The number of hydrogen-bond donors (Lipinski definition) is 2. The highest BCUT2D eigenvalue weighted by Gasteiger charge is 2.42. The fraction of sp³-hybridized carbons (Fsp3) is 0.500. The number of benzene rings is 1. The quantitative estimate of drug-likeness (QED) is 0.803. The zero-order valence-corrected chi connectivity index (χ0v) is 10.2. The Morgan fingerprint density at radius 3 is 2.39 bits per heavy atom. The summed E-state index contributed by atoms with van der Waals surface area (Å²) in [6, 6.07) is 4.45. The lowest BCUT2D eigenvalue weighted by Crippen LogP contribution is -2.38. The summed E-state index contributed by atoms with van der Waals surface area (Å²) >= 11 is 0. The van der Waals surface area contributed by atoms with Crippen LogP contribution in [0.5, 0.6) is 0 Å². The number of carbonyl (C=O) groups excluding carboxylic acids is 1. The van der Waals surface area contributed by atoms with E-state index < -0.39 is 5.82 Å². The summed E-state index contributed by atoms with van der Waals surface area (Å²) in [5.41, 5.74) is 5.90. The molecule has 2 fully saturated rings. The third-order valence-electron chi connectivity index (χ3n) is 3.80. The topological polar surface area (TPSA) is 55.1 Å². The van der Waals surface area contributed by atoms with Crippen molar-refractivity contribution in [2.45, 2.75) is 31.7 Å². The molecule has 1 aromatic carbocycles. The highest BCUT2D eigenvalue weighted by atomic mass is 19.1. The summed E-state index contributed by atoms with van der Waals surface area (Å²) in [5.74, 6) is 0.366. The third-order valence-corrected chi connectivity index (χ3v) is 3.80. The number of carbonyl (C=O) groups is 1. The summed E-state index contributed by atoms with van der Waals surface area (Å²) < 4.78 is 13.6. The standard InChI is InChI=1S/C14H17FN2O/c15-12-7-10(16)5-6-11(12)14(18)17-13(8-1-2-8)9-3-4-9/h5-9,13H,1-4,16H2,(H,17,18). The molecule has 3 N–H and O–H groups in total. The lowest BCUT2D eigenvalue weighted by Gasteiger charge is -2.17. The van der Waals surface area contributed by atoms with Gasteiger partial charge in [0, 0.05) is 11.7 Å². The molecule has 96 valence electrons. The monoisotopic (exact) mass is 248 g/mol. The number of nitrogens with one attached hydrogen (secondary N) is 1. The minimum absolute atomic E-state index is 0.0931. The van der Waals surface area contributed by atoms with Crippen LogP contribution in [0, 0.1) is 17.7 Å². The van der Waals surface area contributed by atoms with Crippen molar-refractivity contribution in [1.29, 1.82) is 0 Å². The highest BCUT2D eigenvalue weighted by Crippen LogP contribution is 2.44. The van der Waals surface area contributed by atoms with Gasteiger partial charge in [-0.15, -0.1) is 0 Å². The van der Waals surface area contributed by atoms with Gasteiger partial charge in [0.15, 0.2) is 0 Å². The lowest BCUT2D eigenvalue weighted by atomic mass is 10.1. The second-order valence-electron chi connectivity index (χ2n) is 5.41. The average molecular weight is 248 g/mol. The van der Waals surface area contributed by atoms with E-state index in [-0.39, 0.29) is 17.5 Å². The first-order valence-corrected chi connectivity index (χ1v) is 6.51. The van der Waals surface area contributed by atoms with E-state index >= 15 is 0 Å². The van der Waals surface area contributed by atoms with E-state index in [0.717, 1.165) is 0 Å². The van der Waals surface area contributed by atoms with Crippen LogP contribution in [0.25, 0.3) is 0 Å². The van der Waals surface area contributed by atoms with Crippen molar-refractivity contribution in [3.63, 3.8) is 0 Å². The first-order chi connectivity index (χ1) is 8.65. The molecular formula is C14H17FN2O. The Kier molecular flexibility index (Phi) is 2.73. The minimum atomic E-state index is -0.544. The lowest BCUT2D eigenvalue weighted by molar-refractivity contribution is 0.0922. The molecule has 0 atom stereocenters. The van der Waals surface area contributed by atoms with Crippen molar-refractivity contribution in [3.8, 4) is 0 Å².